The second kappa shape index (κ2) is 7.45. The predicted molar refractivity (Wildman–Crippen MR) is 87.5 cm³/mol. The SMILES string of the molecule is CC[C@H](NC(=O)c1ccccc1SC(=O)C(C)(C)C)C(N)=O. The molecular weight excluding hydrogens is 300 g/mol. The van der Waals surface area contributed by atoms with E-state index < -0.39 is 23.3 Å². The maximum atomic E-state index is 12.3. The maximum Gasteiger partial charge on any atom is 0.253 e. The first-order valence-electron chi connectivity index (χ1n) is 7.08. The molecule has 2 amide bonds. The summed E-state index contributed by atoms with van der Waals surface area (Å²) in [5, 5.41) is 2.56. The van der Waals surface area contributed by atoms with E-state index in [1.165, 1.54) is 0 Å². The highest BCUT2D eigenvalue weighted by Gasteiger charge is 2.25. The summed E-state index contributed by atoms with van der Waals surface area (Å²) in [5.74, 6) is -0.984. The third-order valence-corrected chi connectivity index (χ3v) is 4.38. The van der Waals surface area contributed by atoms with E-state index in [1.807, 2.05) is 20.8 Å². The zero-order chi connectivity index (χ0) is 16.9. The highest BCUT2D eigenvalue weighted by atomic mass is 32.2. The fourth-order valence-corrected chi connectivity index (χ4v) is 2.53. The average Bonchev–Trinajstić information content (AvgIpc) is 2.43. The molecule has 22 heavy (non-hydrogen) atoms. The van der Waals surface area contributed by atoms with Crippen LogP contribution in [0.25, 0.3) is 0 Å². The Morgan fingerprint density at radius 1 is 1.23 bits per heavy atom. The van der Waals surface area contributed by atoms with Crippen LogP contribution in [0.2, 0.25) is 0 Å². The van der Waals surface area contributed by atoms with Gasteiger partial charge in [0, 0.05) is 10.3 Å². The van der Waals surface area contributed by atoms with Crippen molar-refractivity contribution in [2.24, 2.45) is 11.1 Å². The van der Waals surface area contributed by atoms with Crippen LogP contribution in [0.1, 0.15) is 44.5 Å². The smallest absolute Gasteiger partial charge is 0.253 e. The summed E-state index contributed by atoms with van der Waals surface area (Å²) in [6.07, 6.45) is 0.414. The number of thioether (sulfide) groups is 1. The molecule has 3 N–H and O–H groups in total. The number of rotatable bonds is 5. The number of carbonyl (C=O) groups excluding carboxylic acids is 3. The summed E-state index contributed by atoms with van der Waals surface area (Å²) in [5.41, 5.74) is 5.10. The van der Waals surface area contributed by atoms with Crippen LogP contribution in [0.5, 0.6) is 0 Å². The molecule has 1 aromatic carbocycles. The van der Waals surface area contributed by atoms with Gasteiger partial charge in [-0.05, 0) is 18.6 Å². The minimum absolute atomic E-state index is 0.0327. The lowest BCUT2D eigenvalue weighted by atomic mass is 10.00. The fourth-order valence-electron chi connectivity index (χ4n) is 1.61. The van der Waals surface area contributed by atoms with Gasteiger partial charge in [0.15, 0.2) is 5.12 Å². The largest absolute Gasteiger partial charge is 0.368 e. The molecule has 0 spiro atoms. The van der Waals surface area contributed by atoms with Crippen molar-refractivity contribution in [3.05, 3.63) is 29.8 Å². The minimum atomic E-state index is -0.719. The van der Waals surface area contributed by atoms with Crippen molar-refractivity contribution in [3.8, 4) is 0 Å². The van der Waals surface area contributed by atoms with E-state index in [2.05, 4.69) is 5.32 Å². The zero-order valence-corrected chi connectivity index (χ0v) is 14.1. The molecule has 0 aliphatic heterocycles. The number of nitrogens with one attached hydrogen (secondary N) is 1. The molecule has 0 fully saturated rings. The van der Waals surface area contributed by atoms with E-state index in [1.54, 1.807) is 31.2 Å². The first kappa shape index (κ1) is 18.2. The van der Waals surface area contributed by atoms with Gasteiger partial charge in [0.1, 0.15) is 6.04 Å². The summed E-state index contributed by atoms with van der Waals surface area (Å²) >= 11 is 1.03. The topological polar surface area (TPSA) is 89.3 Å². The number of benzene rings is 1. The van der Waals surface area contributed by atoms with Crippen LogP contribution in [0.3, 0.4) is 0 Å². The minimum Gasteiger partial charge on any atom is -0.368 e. The van der Waals surface area contributed by atoms with Gasteiger partial charge in [-0.1, -0.05) is 51.6 Å². The molecule has 0 saturated carbocycles. The molecular formula is C16H22N2O3S. The lowest BCUT2D eigenvalue weighted by Gasteiger charge is -2.18. The van der Waals surface area contributed by atoms with Crippen LogP contribution in [0.15, 0.2) is 29.2 Å². The van der Waals surface area contributed by atoms with Crippen LogP contribution in [0, 0.1) is 5.41 Å². The van der Waals surface area contributed by atoms with Gasteiger partial charge in [0.2, 0.25) is 5.91 Å². The summed E-state index contributed by atoms with van der Waals surface area (Å²) in [4.78, 5) is 36.3. The van der Waals surface area contributed by atoms with Gasteiger partial charge in [-0.2, -0.15) is 0 Å². The highest BCUT2D eigenvalue weighted by Crippen LogP contribution is 2.31. The lowest BCUT2D eigenvalue weighted by molar-refractivity contribution is -0.120. The van der Waals surface area contributed by atoms with Crippen LogP contribution >= 0.6 is 11.8 Å². The van der Waals surface area contributed by atoms with Crippen molar-refractivity contribution in [1.82, 2.24) is 5.32 Å². The molecule has 0 radical (unpaired) electrons. The molecule has 1 aromatic rings. The van der Waals surface area contributed by atoms with E-state index in [0.717, 1.165) is 11.8 Å². The number of hydrogen-bond acceptors (Lipinski definition) is 4. The van der Waals surface area contributed by atoms with Gasteiger partial charge in [0.25, 0.3) is 5.91 Å². The molecule has 0 aliphatic carbocycles. The second-order valence-electron chi connectivity index (χ2n) is 5.97. The van der Waals surface area contributed by atoms with E-state index >= 15 is 0 Å². The van der Waals surface area contributed by atoms with Gasteiger partial charge < -0.3 is 11.1 Å². The van der Waals surface area contributed by atoms with E-state index in [4.69, 9.17) is 5.73 Å². The standard InChI is InChI=1S/C16H22N2O3S/c1-5-11(13(17)19)18-14(20)10-8-6-7-9-12(10)22-15(21)16(2,3)4/h6-9,11H,5H2,1-4H3,(H2,17,19)(H,18,20)/t11-/m0/s1. The maximum absolute atomic E-state index is 12.3. The normalized spacial score (nSPS) is 12.5. The number of primary amides is 1. The van der Waals surface area contributed by atoms with Crippen molar-refractivity contribution < 1.29 is 14.4 Å². The van der Waals surface area contributed by atoms with E-state index in [-0.39, 0.29) is 5.12 Å². The quantitative estimate of drug-likeness (QED) is 0.814. The zero-order valence-electron chi connectivity index (χ0n) is 13.3. The van der Waals surface area contributed by atoms with Gasteiger partial charge >= 0.3 is 0 Å². The molecule has 0 unspecified atom stereocenters. The van der Waals surface area contributed by atoms with Gasteiger partial charge in [-0.3, -0.25) is 14.4 Å². The monoisotopic (exact) mass is 322 g/mol. The average molecular weight is 322 g/mol. The molecule has 6 heteroatoms. The third-order valence-electron chi connectivity index (χ3n) is 3.00. The Morgan fingerprint density at radius 2 is 1.82 bits per heavy atom. The Bertz CT molecular complexity index is 579. The van der Waals surface area contributed by atoms with Gasteiger partial charge in [0.05, 0.1) is 5.56 Å². The Kier molecular flexibility index (Phi) is 6.17. The number of carbonyl (C=O) groups is 3. The molecule has 5 nitrogen and oxygen atoms in total. The van der Waals surface area contributed by atoms with E-state index in [0.29, 0.717) is 16.9 Å². The molecule has 1 atom stereocenters. The van der Waals surface area contributed by atoms with Crippen LogP contribution in [-0.2, 0) is 9.59 Å². The van der Waals surface area contributed by atoms with Crippen LogP contribution in [-0.4, -0.2) is 23.0 Å². The molecule has 0 aliphatic rings. The molecule has 0 bridgehead atoms. The van der Waals surface area contributed by atoms with Crippen molar-refractivity contribution >= 4 is 28.7 Å². The predicted octanol–water partition coefficient (Wildman–Crippen LogP) is 2.35. The second-order valence-corrected chi connectivity index (χ2v) is 6.99. The van der Waals surface area contributed by atoms with Crippen molar-refractivity contribution in [2.45, 2.75) is 45.1 Å². The fraction of sp³-hybridized carbons (Fsp3) is 0.438. The Balaban J connectivity index is 2.99. The molecule has 0 heterocycles. The van der Waals surface area contributed by atoms with Crippen LogP contribution < -0.4 is 11.1 Å². The number of amides is 2. The van der Waals surface area contributed by atoms with Crippen LogP contribution in [0.4, 0.5) is 0 Å². The third kappa shape index (κ3) is 4.87. The summed E-state index contributed by atoms with van der Waals surface area (Å²) < 4.78 is 0. The Morgan fingerprint density at radius 3 is 2.32 bits per heavy atom. The molecule has 0 saturated heterocycles. The highest BCUT2D eigenvalue weighted by molar-refractivity contribution is 8.13. The summed E-state index contributed by atoms with van der Waals surface area (Å²) in [6, 6.07) is 6.10. The molecule has 1 rings (SSSR count). The first-order valence-corrected chi connectivity index (χ1v) is 7.90. The molecule has 120 valence electrons. The summed E-state index contributed by atoms with van der Waals surface area (Å²) in [7, 11) is 0. The summed E-state index contributed by atoms with van der Waals surface area (Å²) in [6.45, 7) is 7.24. The van der Waals surface area contributed by atoms with E-state index in [9.17, 15) is 14.4 Å². The van der Waals surface area contributed by atoms with Crippen molar-refractivity contribution in [1.29, 1.82) is 0 Å². The van der Waals surface area contributed by atoms with Crippen molar-refractivity contribution in [2.75, 3.05) is 0 Å². The lowest BCUT2D eigenvalue weighted by Crippen LogP contribution is -2.44. The Hall–Kier alpha value is -1.82. The van der Waals surface area contributed by atoms with Gasteiger partial charge in [-0.25, -0.2) is 0 Å². The first-order chi connectivity index (χ1) is 10.2. The number of hydrogen-bond donors (Lipinski definition) is 2. The number of nitrogens with two attached hydrogens (primary N) is 1. The van der Waals surface area contributed by atoms with Gasteiger partial charge in [-0.15, -0.1) is 0 Å². The molecule has 0 aromatic heterocycles. The Labute approximate surface area is 135 Å². The van der Waals surface area contributed by atoms with Crippen molar-refractivity contribution in [3.63, 3.8) is 0 Å².